The van der Waals surface area contributed by atoms with E-state index in [0.29, 0.717) is 11.3 Å². The van der Waals surface area contributed by atoms with Crippen molar-refractivity contribution in [3.63, 3.8) is 0 Å². The average molecular weight is 466 g/mol. The first-order valence-corrected chi connectivity index (χ1v) is 8.34. The van der Waals surface area contributed by atoms with Gasteiger partial charge in [-0.3, -0.25) is 14.9 Å². The number of ether oxygens (including phenoxy) is 1. The van der Waals surface area contributed by atoms with Gasteiger partial charge >= 0.3 is 5.91 Å². The standard InChI is InChI=1S/C16H11IN4O5/c17-9-1-4-11(5-2-9)26-8-14(22)19-20-15-12-7-10(21(24)25)3-6-13(12)18-16(15)23/h1-7,18,23H,8H2. The Kier molecular flexibility index (Phi) is 5.11. The number of carbonyl (C=O) groups excluding carboxylic acids is 1. The molecular weight excluding hydrogens is 455 g/mol. The highest BCUT2D eigenvalue weighted by Crippen LogP contribution is 2.37. The van der Waals surface area contributed by atoms with Crippen molar-refractivity contribution >= 4 is 50.8 Å². The summed E-state index contributed by atoms with van der Waals surface area (Å²) in [6.45, 7) is -0.326. The lowest BCUT2D eigenvalue weighted by Gasteiger charge is -2.02. The van der Waals surface area contributed by atoms with Crippen LogP contribution in [-0.2, 0) is 4.79 Å². The molecular formula is C16H11IN4O5. The third-order valence-corrected chi connectivity index (χ3v) is 4.10. The Labute approximate surface area is 160 Å². The smallest absolute Gasteiger partial charge is 0.302 e. The summed E-state index contributed by atoms with van der Waals surface area (Å²) in [6.07, 6.45) is 0. The van der Waals surface area contributed by atoms with Gasteiger partial charge in [-0.15, -0.1) is 10.2 Å². The second-order valence-electron chi connectivity index (χ2n) is 5.15. The molecule has 9 nitrogen and oxygen atoms in total. The molecule has 1 aromatic heterocycles. The van der Waals surface area contributed by atoms with Crippen LogP contribution in [0, 0.1) is 13.7 Å². The summed E-state index contributed by atoms with van der Waals surface area (Å²) in [6, 6.07) is 11.1. The SMILES string of the molecule is O=C(COc1ccc(I)cc1)N=Nc1c(O)[nH]c2ccc([N+](=O)[O-])cc12. The van der Waals surface area contributed by atoms with Gasteiger partial charge in [0.2, 0.25) is 5.88 Å². The Morgan fingerprint density at radius 2 is 2.00 bits per heavy atom. The van der Waals surface area contributed by atoms with Crippen LogP contribution in [0.3, 0.4) is 0 Å². The van der Waals surface area contributed by atoms with Crippen molar-refractivity contribution in [2.75, 3.05) is 6.61 Å². The fourth-order valence-electron chi connectivity index (χ4n) is 2.18. The van der Waals surface area contributed by atoms with Gasteiger partial charge in [0.1, 0.15) is 5.75 Å². The first kappa shape index (κ1) is 17.8. The Bertz CT molecular complexity index is 1010. The summed E-state index contributed by atoms with van der Waals surface area (Å²) >= 11 is 2.15. The predicted octanol–water partition coefficient (Wildman–Crippen LogP) is 4.08. The minimum atomic E-state index is -0.664. The highest BCUT2D eigenvalue weighted by molar-refractivity contribution is 14.1. The molecule has 0 saturated heterocycles. The van der Waals surface area contributed by atoms with Crippen LogP contribution in [0.2, 0.25) is 0 Å². The largest absolute Gasteiger partial charge is 0.493 e. The number of rotatable bonds is 5. The van der Waals surface area contributed by atoms with Gasteiger partial charge in [0.05, 0.1) is 10.4 Å². The van der Waals surface area contributed by atoms with E-state index in [-0.39, 0.29) is 29.2 Å². The van der Waals surface area contributed by atoms with E-state index in [9.17, 15) is 20.0 Å². The monoisotopic (exact) mass is 466 g/mol. The van der Waals surface area contributed by atoms with Crippen LogP contribution in [0.4, 0.5) is 11.4 Å². The second-order valence-corrected chi connectivity index (χ2v) is 6.39. The molecule has 10 heteroatoms. The molecule has 132 valence electrons. The number of nitrogens with one attached hydrogen (secondary N) is 1. The van der Waals surface area contributed by atoms with E-state index in [4.69, 9.17) is 4.74 Å². The Balaban J connectivity index is 1.75. The van der Waals surface area contributed by atoms with Crippen molar-refractivity contribution in [3.05, 3.63) is 56.1 Å². The molecule has 0 aliphatic carbocycles. The lowest BCUT2D eigenvalue weighted by Crippen LogP contribution is -2.07. The summed E-state index contributed by atoms with van der Waals surface area (Å²) in [4.78, 5) is 24.7. The van der Waals surface area contributed by atoms with E-state index in [0.717, 1.165) is 3.57 Å². The molecule has 0 unspecified atom stereocenters. The molecule has 3 rings (SSSR count). The maximum absolute atomic E-state index is 11.8. The minimum absolute atomic E-state index is 0.0497. The van der Waals surface area contributed by atoms with Gasteiger partial charge in [0.15, 0.2) is 12.3 Å². The van der Waals surface area contributed by atoms with Crippen molar-refractivity contribution in [1.82, 2.24) is 4.98 Å². The van der Waals surface area contributed by atoms with Crippen LogP contribution in [-0.4, -0.2) is 27.5 Å². The number of hydrogen-bond acceptors (Lipinski definition) is 6. The molecule has 0 spiro atoms. The number of nitro benzene ring substituents is 1. The fourth-order valence-corrected chi connectivity index (χ4v) is 2.54. The van der Waals surface area contributed by atoms with Crippen LogP contribution in [0.15, 0.2) is 52.7 Å². The number of azo groups is 1. The van der Waals surface area contributed by atoms with Gasteiger partial charge in [-0.1, -0.05) is 0 Å². The zero-order valence-electron chi connectivity index (χ0n) is 13.0. The zero-order chi connectivity index (χ0) is 18.7. The molecule has 0 saturated carbocycles. The molecule has 0 radical (unpaired) electrons. The number of aromatic nitrogens is 1. The van der Waals surface area contributed by atoms with Crippen LogP contribution in [0.1, 0.15) is 0 Å². The molecule has 2 aromatic carbocycles. The maximum Gasteiger partial charge on any atom is 0.302 e. The number of aromatic hydroxyl groups is 1. The van der Waals surface area contributed by atoms with Gasteiger partial charge < -0.3 is 14.8 Å². The number of nitro groups is 1. The zero-order valence-corrected chi connectivity index (χ0v) is 15.2. The van der Waals surface area contributed by atoms with Gasteiger partial charge in [-0.2, -0.15) is 0 Å². The first-order chi connectivity index (χ1) is 12.4. The highest BCUT2D eigenvalue weighted by Gasteiger charge is 2.15. The van der Waals surface area contributed by atoms with E-state index >= 15 is 0 Å². The summed E-state index contributed by atoms with van der Waals surface area (Å²) in [7, 11) is 0. The molecule has 0 aliphatic rings. The quantitative estimate of drug-likeness (QED) is 0.253. The first-order valence-electron chi connectivity index (χ1n) is 7.26. The summed E-state index contributed by atoms with van der Waals surface area (Å²) < 4.78 is 6.33. The van der Waals surface area contributed by atoms with Crippen molar-refractivity contribution < 1.29 is 19.6 Å². The highest BCUT2D eigenvalue weighted by atomic mass is 127. The molecule has 0 fully saturated rings. The summed E-state index contributed by atoms with van der Waals surface area (Å²) in [5.41, 5.74) is 0.220. The lowest BCUT2D eigenvalue weighted by molar-refractivity contribution is -0.384. The van der Waals surface area contributed by atoms with E-state index < -0.39 is 10.8 Å². The number of halogens is 1. The summed E-state index contributed by atoms with van der Waals surface area (Å²) in [5.74, 6) is -0.488. The minimum Gasteiger partial charge on any atom is -0.493 e. The van der Waals surface area contributed by atoms with Crippen LogP contribution < -0.4 is 4.74 Å². The van der Waals surface area contributed by atoms with E-state index in [2.05, 4.69) is 37.8 Å². The Morgan fingerprint density at radius 3 is 2.69 bits per heavy atom. The number of benzene rings is 2. The second kappa shape index (κ2) is 7.47. The van der Waals surface area contributed by atoms with Crippen LogP contribution in [0.5, 0.6) is 11.6 Å². The van der Waals surface area contributed by atoms with Gasteiger partial charge in [-0.25, -0.2) is 0 Å². The Morgan fingerprint density at radius 1 is 1.27 bits per heavy atom. The van der Waals surface area contributed by atoms with Crippen molar-refractivity contribution in [2.24, 2.45) is 10.2 Å². The van der Waals surface area contributed by atoms with Crippen molar-refractivity contribution in [2.45, 2.75) is 0 Å². The van der Waals surface area contributed by atoms with Gasteiger partial charge in [0.25, 0.3) is 5.69 Å². The lowest BCUT2D eigenvalue weighted by atomic mass is 10.2. The predicted molar refractivity (Wildman–Crippen MR) is 101 cm³/mol. The molecule has 1 amide bonds. The topological polar surface area (TPSA) is 130 Å². The number of carbonyl (C=O) groups is 1. The molecule has 26 heavy (non-hydrogen) atoms. The van der Waals surface area contributed by atoms with Crippen molar-refractivity contribution in [3.8, 4) is 11.6 Å². The number of H-pyrrole nitrogens is 1. The number of nitrogens with zero attached hydrogens (tertiary/aromatic N) is 3. The van der Waals surface area contributed by atoms with Crippen LogP contribution in [0.25, 0.3) is 10.9 Å². The van der Waals surface area contributed by atoms with Crippen molar-refractivity contribution in [1.29, 1.82) is 0 Å². The van der Waals surface area contributed by atoms with Crippen LogP contribution >= 0.6 is 22.6 Å². The number of aromatic amines is 1. The van der Waals surface area contributed by atoms with E-state index in [1.165, 1.54) is 18.2 Å². The van der Waals surface area contributed by atoms with E-state index in [1.807, 2.05) is 12.1 Å². The number of amides is 1. The fraction of sp³-hybridized carbons (Fsp3) is 0.0625. The third kappa shape index (κ3) is 3.96. The Hall–Kier alpha value is -3.02. The average Bonchev–Trinajstić information content (AvgIpc) is 2.93. The van der Waals surface area contributed by atoms with Gasteiger partial charge in [-0.05, 0) is 52.9 Å². The number of hydrogen-bond donors (Lipinski definition) is 2. The molecule has 2 N–H and O–H groups in total. The third-order valence-electron chi connectivity index (χ3n) is 3.38. The molecule has 0 atom stereocenters. The number of fused-ring (bicyclic) bond motifs is 1. The normalized spacial score (nSPS) is 11.1. The molecule has 0 bridgehead atoms. The molecule has 0 aliphatic heterocycles. The summed E-state index contributed by atoms with van der Waals surface area (Å²) in [5, 5.41) is 28.3. The van der Waals surface area contributed by atoms with Gasteiger partial charge in [0, 0.05) is 21.1 Å². The maximum atomic E-state index is 11.8. The van der Waals surface area contributed by atoms with E-state index in [1.54, 1.807) is 12.1 Å². The number of non-ortho nitro benzene ring substituents is 1. The molecule has 3 aromatic rings. The molecule has 1 heterocycles.